The quantitative estimate of drug-likeness (QED) is 0.626. The third kappa shape index (κ3) is 3.50. The summed E-state index contributed by atoms with van der Waals surface area (Å²) < 4.78 is 21.9. The number of hydrogen-bond acceptors (Lipinski definition) is 7. The lowest BCUT2D eigenvalue weighted by Crippen LogP contribution is -2.59. The van der Waals surface area contributed by atoms with Crippen LogP contribution >= 0.6 is 0 Å². The number of nitrogens with zero attached hydrogens (tertiary/aromatic N) is 2. The fourth-order valence-corrected chi connectivity index (χ4v) is 5.23. The molecule has 2 bridgehead atoms. The largest absolute Gasteiger partial charge is 0.496 e. The molecule has 3 aliphatic heterocycles. The van der Waals surface area contributed by atoms with E-state index < -0.39 is 30.1 Å². The van der Waals surface area contributed by atoms with Crippen molar-refractivity contribution in [2.75, 3.05) is 20.8 Å². The first-order valence-electron chi connectivity index (χ1n) is 11.2. The number of fused-ring (bicyclic) bond motifs is 5. The summed E-state index contributed by atoms with van der Waals surface area (Å²) in [5.41, 5.74) is 2.13. The lowest BCUT2D eigenvalue weighted by molar-refractivity contribution is -0.149. The highest BCUT2D eigenvalue weighted by atomic mass is 16.6. The van der Waals surface area contributed by atoms with E-state index in [0.29, 0.717) is 17.2 Å². The summed E-state index contributed by atoms with van der Waals surface area (Å²) in [7, 11) is 3.15. The standard InChI is InChI=1S/C24H30N2O7/c1-7-32-23(28)15-11-17-22(27)25-13(4)20-14(18(30-5)8-9-19(20)31-6)10-16(25)21(15)26(17)24(29)33-12(2)3/h8-10,12-13,15,17,21H,7,11H2,1-6H3/t13-,15-,17+,21-/m0/s1. The van der Waals surface area contributed by atoms with Crippen molar-refractivity contribution in [2.24, 2.45) is 5.92 Å². The highest BCUT2D eigenvalue weighted by molar-refractivity contribution is 5.95. The summed E-state index contributed by atoms with van der Waals surface area (Å²) in [6, 6.07) is 1.72. The second kappa shape index (κ2) is 8.61. The zero-order chi connectivity index (χ0) is 24.0. The van der Waals surface area contributed by atoms with Gasteiger partial charge in [-0.25, -0.2) is 4.79 Å². The van der Waals surface area contributed by atoms with Crippen molar-refractivity contribution >= 4 is 24.0 Å². The molecular formula is C24H30N2O7. The van der Waals surface area contributed by atoms with Gasteiger partial charge in [0, 0.05) is 16.8 Å². The molecule has 3 aliphatic rings. The van der Waals surface area contributed by atoms with Gasteiger partial charge in [-0.1, -0.05) is 0 Å². The maximum absolute atomic E-state index is 13.7. The molecule has 1 aromatic rings. The molecule has 0 saturated carbocycles. The van der Waals surface area contributed by atoms with Gasteiger partial charge in [-0.3, -0.25) is 14.5 Å². The van der Waals surface area contributed by atoms with Gasteiger partial charge in [0.1, 0.15) is 17.5 Å². The van der Waals surface area contributed by atoms with E-state index in [1.165, 1.54) is 4.90 Å². The van der Waals surface area contributed by atoms with Crippen molar-refractivity contribution in [1.29, 1.82) is 0 Å². The Kier molecular flexibility index (Phi) is 5.99. The van der Waals surface area contributed by atoms with Crippen LogP contribution in [0.5, 0.6) is 11.5 Å². The van der Waals surface area contributed by atoms with Gasteiger partial charge in [0.2, 0.25) is 5.91 Å². The topological polar surface area (TPSA) is 94.6 Å². The molecule has 0 radical (unpaired) electrons. The van der Waals surface area contributed by atoms with Gasteiger partial charge >= 0.3 is 12.1 Å². The Hall–Kier alpha value is -3.23. The maximum Gasteiger partial charge on any atom is 0.411 e. The van der Waals surface area contributed by atoms with Gasteiger partial charge in [-0.05, 0) is 52.3 Å². The molecule has 178 valence electrons. The Bertz CT molecular complexity index is 1020. The van der Waals surface area contributed by atoms with Crippen molar-refractivity contribution in [1.82, 2.24) is 9.80 Å². The van der Waals surface area contributed by atoms with Gasteiger partial charge in [-0.15, -0.1) is 0 Å². The summed E-state index contributed by atoms with van der Waals surface area (Å²) in [6.45, 7) is 7.35. The number of benzene rings is 1. The minimum absolute atomic E-state index is 0.181. The van der Waals surface area contributed by atoms with Crippen LogP contribution in [0, 0.1) is 5.92 Å². The average molecular weight is 459 g/mol. The predicted molar refractivity (Wildman–Crippen MR) is 119 cm³/mol. The molecule has 4 atom stereocenters. The van der Waals surface area contributed by atoms with Gasteiger partial charge in [0.25, 0.3) is 0 Å². The van der Waals surface area contributed by atoms with Gasteiger partial charge in [0.05, 0.1) is 44.9 Å². The fourth-order valence-electron chi connectivity index (χ4n) is 5.23. The Morgan fingerprint density at radius 2 is 1.82 bits per heavy atom. The smallest absolute Gasteiger partial charge is 0.411 e. The lowest BCUT2D eigenvalue weighted by atomic mass is 9.88. The molecule has 2 amide bonds. The average Bonchev–Trinajstić information content (AvgIpc) is 3.12. The number of amides is 2. The van der Waals surface area contributed by atoms with Crippen molar-refractivity contribution in [3.05, 3.63) is 29.0 Å². The molecule has 0 unspecified atom stereocenters. The van der Waals surface area contributed by atoms with Gasteiger partial charge in [0.15, 0.2) is 0 Å². The number of esters is 1. The number of carbonyl (C=O) groups is 3. The maximum atomic E-state index is 13.7. The normalized spacial score (nSPS) is 25.3. The molecular weight excluding hydrogens is 428 g/mol. The second-order valence-corrected chi connectivity index (χ2v) is 8.65. The predicted octanol–water partition coefficient (Wildman–Crippen LogP) is 3.13. The van der Waals surface area contributed by atoms with Crippen LogP contribution in [0.15, 0.2) is 17.8 Å². The Balaban J connectivity index is 1.91. The van der Waals surface area contributed by atoms with E-state index >= 15 is 0 Å². The van der Waals surface area contributed by atoms with Crippen molar-refractivity contribution in [3.63, 3.8) is 0 Å². The van der Waals surface area contributed by atoms with E-state index in [1.54, 1.807) is 46.0 Å². The highest BCUT2D eigenvalue weighted by Crippen LogP contribution is 2.51. The number of ether oxygens (including phenoxy) is 4. The number of rotatable bonds is 5. The Morgan fingerprint density at radius 1 is 1.15 bits per heavy atom. The van der Waals surface area contributed by atoms with E-state index in [4.69, 9.17) is 18.9 Å². The van der Waals surface area contributed by atoms with Crippen LogP contribution in [0.25, 0.3) is 6.08 Å². The molecule has 9 nitrogen and oxygen atoms in total. The fraction of sp³-hybridized carbons (Fsp3) is 0.542. The minimum Gasteiger partial charge on any atom is -0.496 e. The van der Waals surface area contributed by atoms with Gasteiger partial charge in [-0.2, -0.15) is 0 Å². The summed E-state index contributed by atoms with van der Waals surface area (Å²) >= 11 is 0. The van der Waals surface area contributed by atoms with Crippen LogP contribution in [0.1, 0.15) is 51.3 Å². The number of hydrogen-bond donors (Lipinski definition) is 0. The monoisotopic (exact) mass is 458 g/mol. The Morgan fingerprint density at radius 3 is 2.42 bits per heavy atom. The molecule has 9 heteroatoms. The Labute approximate surface area is 193 Å². The van der Waals surface area contributed by atoms with Crippen LogP contribution in [0.4, 0.5) is 4.79 Å². The summed E-state index contributed by atoms with van der Waals surface area (Å²) in [5, 5.41) is 0. The van der Waals surface area contributed by atoms with Crippen LogP contribution in [-0.4, -0.2) is 66.8 Å². The SMILES string of the molecule is CCOC(=O)[C@H]1C[C@@H]2C(=O)N3C(=Cc4c(OC)ccc(OC)c4[C@@H]3C)[C@H]1N2C(=O)OC(C)C. The summed E-state index contributed by atoms with van der Waals surface area (Å²) in [6.07, 6.45) is 1.02. The first-order chi connectivity index (χ1) is 15.7. The van der Waals surface area contributed by atoms with Crippen LogP contribution in [0.2, 0.25) is 0 Å². The molecule has 1 aromatic carbocycles. The molecule has 4 rings (SSSR count). The molecule has 0 aromatic heterocycles. The van der Waals surface area contributed by atoms with Crippen LogP contribution in [0.3, 0.4) is 0 Å². The van der Waals surface area contributed by atoms with E-state index in [1.807, 2.05) is 19.1 Å². The molecule has 0 aliphatic carbocycles. The summed E-state index contributed by atoms with van der Waals surface area (Å²) in [5.74, 6) is -0.120. The third-order valence-electron chi connectivity index (χ3n) is 6.48. The van der Waals surface area contributed by atoms with Crippen LogP contribution in [-0.2, 0) is 19.1 Å². The first kappa shape index (κ1) is 22.9. The summed E-state index contributed by atoms with van der Waals surface area (Å²) in [4.78, 5) is 42.8. The van der Waals surface area contributed by atoms with Crippen LogP contribution < -0.4 is 9.47 Å². The van der Waals surface area contributed by atoms with E-state index in [0.717, 1.165) is 11.1 Å². The molecule has 0 spiro atoms. The second-order valence-electron chi connectivity index (χ2n) is 8.65. The molecule has 3 heterocycles. The molecule has 33 heavy (non-hydrogen) atoms. The third-order valence-corrected chi connectivity index (χ3v) is 6.48. The van der Waals surface area contributed by atoms with E-state index in [9.17, 15) is 14.4 Å². The number of methoxy groups -OCH3 is 2. The lowest BCUT2D eigenvalue weighted by Gasteiger charge is -2.47. The van der Waals surface area contributed by atoms with E-state index in [2.05, 4.69) is 0 Å². The minimum atomic E-state index is -0.812. The highest BCUT2D eigenvalue weighted by Gasteiger charge is 2.60. The molecule has 2 fully saturated rings. The number of piperazine rings is 1. The van der Waals surface area contributed by atoms with Gasteiger partial charge < -0.3 is 23.8 Å². The zero-order valence-electron chi connectivity index (χ0n) is 19.8. The first-order valence-corrected chi connectivity index (χ1v) is 11.2. The van der Waals surface area contributed by atoms with Crippen molar-refractivity contribution in [3.8, 4) is 11.5 Å². The zero-order valence-corrected chi connectivity index (χ0v) is 19.8. The van der Waals surface area contributed by atoms with E-state index in [-0.39, 0.29) is 31.1 Å². The molecule has 2 saturated heterocycles. The molecule has 0 N–H and O–H groups in total. The number of carbonyl (C=O) groups excluding carboxylic acids is 3. The van der Waals surface area contributed by atoms with Crippen molar-refractivity contribution in [2.45, 2.75) is 58.3 Å². The van der Waals surface area contributed by atoms with Crippen molar-refractivity contribution < 1.29 is 33.3 Å².